The molecule has 30 heavy (non-hydrogen) atoms. The fourth-order valence-corrected chi connectivity index (χ4v) is 4.63. The van der Waals surface area contributed by atoms with Gasteiger partial charge in [-0.2, -0.15) is 0 Å². The van der Waals surface area contributed by atoms with Crippen LogP contribution in [0.5, 0.6) is 0 Å². The summed E-state index contributed by atoms with van der Waals surface area (Å²) in [7, 11) is 0. The fourth-order valence-electron chi connectivity index (χ4n) is 3.51. The largest absolute Gasteiger partial charge is 0.455 e. The number of aromatic nitrogens is 1. The van der Waals surface area contributed by atoms with Crippen molar-refractivity contribution in [1.82, 2.24) is 10.3 Å². The van der Waals surface area contributed by atoms with E-state index in [1.54, 1.807) is 11.3 Å². The van der Waals surface area contributed by atoms with Gasteiger partial charge in [0.05, 0.1) is 20.6 Å². The van der Waals surface area contributed by atoms with Crippen molar-refractivity contribution >= 4 is 33.4 Å². The van der Waals surface area contributed by atoms with Gasteiger partial charge in [0.2, 0.25) is 0 Å². The normalized spacial score (nSPS) is 14.1. The summed E-state index contributed by atoms with van der Waals surface area (Å²) in [6.45, 7) is 5.59. The van der Waals surface area contributed by atoms with E-state index in [1.807, 2.05) is 68.4 Å². The van der Waals surface area contributed by atoms with E-state index in [0.29, 0.717) is 6.42 Å². The highest BCUT2D eigenvalue weighted by molar-refractivity contribution is 7.18. The molecule has 1 amide bonds. The first kappa shape index (κ1) is 22.0. The maximum atomic E-state index is 13.2. The molecule has 0 aliphatic carbocycles. The monoisotopic (exact) mass is 424 g/mol. The van der Waals surface area contributed by atoms with Gasteiger partial charge in [0, 0.05) is 12.5 Å². The zero-order valence-electron chi connectivity index (χ0n) is 17.7. The van der Waals surface area contributed by atoms with Crippen LogP contribution in [0.2, 0.25) is 0 Å². The molecular weight excluding hydrogens is 396 g/mol. The smallest absolute Gasteiger partial charge is 0.317 e. The predicted molar refractivity (Wildman–Crippen MR) is 121 cm³/mol. The summed E-state index contributed by atoms with van der Waals surface area (Å²) < 4.78 is 6.56. The van der Waals surface area contributed by atoms with Crippen LogP contribution >= 0.6 is 11.3 Å². The molecule has 1 aromatic heterocycles. The minimum Gasteiger partial charge on any atom is -0.455 e. The van der Waals surface area contributed by atoms with E-state index in [9.17, 15) is 9.59 Å². The lowest BCUT2D eigenvalue weighted by Gasteiger charge is -2.27. The summed E-state index contributed by atoms with van der Waals surface area (Å²) in [5, 5.41) is 3.73. The van der Waals surface area contributed by atoms with Crippen LogP contribution in [-0.4, -0.2) is 29.5 Å². The molecule has 3 aromatic rings. The van der Waals surface area contributed by atoms with E-state index in [-0.39, 0.29) is 18.6 Å². The van der Waals surface area contributed by atoms with Crippen LogP contribution in [0.15, 0.2) is 54.6 Å². The van der Waals surface area contributed by atoms with Gasteiger partial charge in [-0.05, 0) is 38.0 Å². The average molecular weight is 425 g/mol. The Morgan fingerprint density at radius 3 is 2.53 bits per heavy atom. The molecule has 6 heteroatoms. The number of hydrogen-bond acceptors (Lipinski definition) is 5. The second-order valence-corrected chi connectivity index (χ2v) is 8.90. The summed E-state index contributed by atoms with van der Waals surface area (Å²) in [5.74, 6) is -0.703. The molecule has 0 saturated heterocycles. The SMILES string of the molecule is CCC[C@H](C)NC(=O)COC(=O)[C@](C)(Cc1nc2ccccc2s1)c1ccccc1. The number of thiazole rings is 1. The van der Waals surface area contributed by atoms with Crippen LogP contribution in [0.4, 0.5) is 0 Å². The molecule has 5 nitrogen and oxygen atoms in total. The van der Waals surface area contributed by atoms with Crippen LogP contribution in [0.3, 0.4) is 0 Å². The number of ether oxygens (including phenoxy) is 1. The van der Waals surface area contributed by atoms with E-state index in [2.05, 4.69) is 12.2 Å². The van der Waals surface area contributed by atoms with Crippen LogP contribution in [0.25, 0.3) is 10.2 Å². The first-order chi connectivity index (χ1) is 14.4. The van der Waals surface area contributed by atoms with Crippen LogP contribution in [0.1, 0.15) is 44.2 Å². The van der Waals surface area contributed by atoms with Gasteiger partial charge in [0.1, 0.15) is 0 Å². The Morgan fingerprint density at radius 1 is 1.13 bits per heavy atom. The molecule has 0 bridgehead atoms. The van der Waals surface area contributed by atoms with Gasteiger partial charge in [-0.3, -0.25) is 9.59 Å². The van der Waals surface area contributed by atoms with Gasteiger partial charge < -0.3 is 10.1 Å². The molecular formula is C24H28N2O3S. The van der Waals surface area contributed by atoms with Crippen molar-refractivity contribution in [3.8, 4) is 0 Å². The van der Waals surface area contributed by atoms with Gasteiger partial charge in [-0.15, -0.1) is 11.3 Å². The Bertz CT molecular complexity index is 969. The zero-order chi connectivity index (χ0) is 21.6. The highest BCUT2D eigenvalue weighted by atomic mass is 32.1. The van der Waals surface area contributed by atoms with Gasteiger partial charge in [0.15, 0.2) is 6.61 Å². The van der Waals surface area contributed by atoms with Gasteiger partial charge in [-0.1, -0.05) is 55.8 Å². The second-order valence-electron chi connectivity index (χ2n) is 7.78. The van der Waals surface area contributed by atoms with Gasteiger partial charge >= 0.3 is 5.97 Å². The number of benzene rings is 2. The summed E-state index contributed by atoms with van der Waals surface area (Å²) in [6, 6.07) is 17.5. The zero-order valence-corrected chi connectivity index (χ0v) is 18.5. The van der Waals surface area contributed by atoms with Crippen molar-refractivity contribution in [2.75, 3.05) is 6.61 Å². The predicted octanol–water partition coefficient (Wildman–Crippen LogP) is 4.64. The van der Waals surface area contributed by atoms with Crippen molar-refractivity contribution in [3.05, 3.63) is 65.2 Å². The van der Waals surface area contributed by atoms with Crippen molar-refractivity contribution in [1.29, 1.82) is 0 Å². The average Bonchev–Trinajstić information content (AvgIpc) is 3.14. The fraction of sp³-hybridized carbons (Fsp3) is 0.375. The number of carbonyl (C=O) groups excluding carboxylic acids is 2. The number of carbonyl (C=O) groups is 2. The Morgan fingerprint density at radius 2 is 1.83 bits per heavy atom. The quantitative estimate of drug-likeness (QED) is 0.508. The van der Waals surface area contributed by atoms with Crippen molar-refractivity contribution in [3.63, 3.8) is 0 Å². The molecule has 3 rings (SSSR count). The van der Waals surface area contributed by atoms with Crippen molar-refractivity contribution in [2.24, 2.45) is 0 Å². The summed E-state index contributed by atoms with van der Waals surface area (Å²) in [4.78, 5) is 30.0. The van der Waals surface area contributed by atoms with Crippen LogP contribution in [-0.2, 0) is 26.2 Å². The highest BCUT2D eigenvalue weighted by Crippen LogP contribution is 2.33. The lowest BCUT2D eigenvalue weighted by molar-refractivity contribution is -0.154. The third-order valence-electron chi connectivity index (χ3n) is 5.17. The van der Waals surface area contributed by atoms with Gasteiger partial charge in [0.25, 0.3) is 5.91 Å². The van der Waals surface area contributed by atoms with E-state index in [1.165, 1.54) is 0 Å². The molecule has 0 spiro atoms. The molecule has 1 N–H and O–H groups in total. The third kappa shape index (κ3) is 5.25. The standard InChI is InChI=1S/C24H28N2O3S/c1-4-10-17(2)25-21(27)16-29-23(28)24(3,18-11-6-5-7-12-18)15-22-26-19-13-8-9-14-20(19)30-22/h5-9,11-14,17H,4,10,15-16H2,1-3H3,(H,25,27)/t17-,24+/m0/s1. The van der Waals surface area contributed by atoms with Gasteiger partial charge in [-0.25, -0.2) is 4.98 Å². The number of esters is 1. The molecule has 0 saturated carbocycles. The minimum atomic E-state index is -0.940. The third-order valence-corrected chi connectivity index (χ3v) is 6.20. The Kier molecular flexibility index (Phi) is 7.21. The first-order valence-electron chi connectivity index (χ1n) is 10.3. The van der Waals surface area contributed by atoms with E-state index >= 15 is 0 Å². The maximum Gasteiger partial charge on any atom is 0.317 e. The second kappa shape index (κ2) is 9.85. The van der Waals surface area contributed by atoms with Crippen molar-refractivity contribution in [2.45, 2.75) is 51.5 Å². The van der Waals surface area contributed by atoms with Crippen molar-refractivity contribution < 1.29 is 14.3 Å². The summed E-state index contributed by atoms with van der Waals surface area (Å²) >= 11 is 1.58. The highest BCUT2D eigenvalue weighted by Gasteiger charge is 2.38. The summed E-state index contributed by atoms with van der Waals surface area (Å²) in [5.41, 5.74) is 0.823. The molecule has 158 valence electrons. The summed E-state index contributed by atoms with van der Waals surface area (Å²) in [6.07, 6.45) is 2.28. The van der Waals surface area contributed by atoms with E-state index < -0.39 is 11.4 Å². The number of amides is 1. The Labute approximate surface area is 181 Å². The lowest BCUT2D eigenvalue weighted by atomic mass is 9.79. The molecule has 1 heterocycles. The topological polar surface area (TPSA) is 68.3 Å². The van der Waals surface area contributed by atoms with Crippen LogP contribution in [0, 0.1) is 0 Å². The van der Waals surface area contributed by atoms with E-state index in [0.717, 1.165) is 33.6 Å². The molecule has 0 aliphatic heterocycles. The lowest BCUT2D eigenvalue weighted by Crippen LogP contribution is -2.40. The number of para-hydroxylation sites is 1. The number of rotatable bonds is 9. The number of nitrogens with zero attached hydrogens (tertiary/aromatic N) is 1. The number of fused-ring (bicyclic) bond motifs is 1. The number of hydrogen-bond donors (Lipinski definition) is 1. The Hall–Kier alpha value is -2.73. The minimum absolute atomic E-state index is 0.0597. The number of nitrogens with one attached hydrogen (secondary N) is 1. The Balaban J connectivity index is 1.78. The molecule has 2 aromatic carbocycles. The molecule has 0 fully saturated rings. The maximum absolute atomic E-state index is 13.2. The molecule has 0 aliphatic rings. The molecule has 0 unspecified atom stereocenters. The van der Waals surface area contributed by atoms with Crippen LogP contribution < -0.4 is 5.32 Å². The van der Waals surface area contributed by atoms with E-state index in [4.69, 9.17) is 9.72 Å². The first-order valence-corrected chi connectivity index (χ1v) is 11.1. The molecule has 2 atom stereocenters. The molecule has 0 radical (unpaired) electrons.